The molecule has 23 heavy (non-hydrogen) atoms. The molecule has 3 heteroatoms. The van der Waals surface area contributed by atoms with Gasteiger partial charge < -0.3 is 10.2 Å². The van der Waals surface area contributed by atoms with Crippen LogP contribution >= 0.6 is 0 Å². The molecule has 3 nitrogen and oxygen atoms in total. The monoisotopic (exact) mass is 313 g/mol. The van der Waals surface area contributed by atoms with Crippen LogP contribution in [0.5, 0.6) is 0 Å². The number of aliphatic imine (C=N–C) groups is 1. The van der Waals surface area contributed by atoms with Crippen molar-refractivity contribution in [3.05, 3.63) is 11.6 Å². The van der Waals surface area contributed by atoms with Crippen LogP contribution in [0.3, 0.4) is 0 Å². The van der Waals surface area contributed by atoms with Gasteiger partial charge >= 0.3 is 0 Å². The van der Waals surface area contributed by atoms with Gasteiger partial charge in [-0.3, -0.25) is 4.99 Å². The largest absolute Gasteiger partial charge is 0.392 e. The van der Waals surface area contributed by atoms with E-state index in [9.17, 15) is 10.2 Å². The van der Waals surface area contributed by atoms with Crippen LogP contribution in [0.15, 0.2) is 16.6 Å². The first-order valence-electron chi connectivity index (χ1n) is 9.60. The number of aliphatic hydroxyl groups excluding tert-OH is 1. The molecule has 1 unspecified atom stereocenters. The fourth-order valence-corrected chi connectivity index (χ4v) is 8.76. The van der Waals surface area contributed by atoms with Crippen molar-refractivity contribution in [3.8, 4) is 0 Å². The Morgan fingerprint density at radius 2 is 2.09 bits per heavy atom. The highest BCUT2D eigenvalue weighted by Crippen LogP contribution is 2.81. The molecule has 6 aliphatic carbocycles. The van der Waals surface area contributed by atoms with E-state index < -0.39 is 5.60 Å². The molecule has 124 valence electrons. The standard InChI is InChI=1S/C20H27NO2/c1-17-3-2-4-19-15-8-12-7-14(16(19)21-11-17)18(15,9-13(12)10-22)5-6-20(17,19)23/h9,11-12,14-16,22-23H,2-8,10H2,1H3/t12-,14+,15?,16+,17-,18+,19-,20-/m0/s1. The van der Waals surface area contributed by atoms with Crippen molar-refractivity contribution >= 4 is 6.21 Å². The first-order chi connectivity index (χ1) is 11.0. The Morgan fingerprint density at radius 3 is 2.91 bits per heavy atom. The van der Waals surface area contributed by atoms with E-state index in [-0.39, 0.29) is 22.9 Å². The van der Waals surface area contributed by atoms with Crippen molar-refractivity contribution in [1.29, 1.82) is 0 Å². The first kappa shape index (κ1) is 13.6. The maximum Gasteiger partial charge on any atom is 0.0829 e. The van der Waals surface area contributed by atoms with Crippen LogP contribution in [-0.2, 0) is 0 Å². The van der Waals surface area contributed by atoms with E-state index in [4.69, 9.17) is 4.99 Å². The van der Waals surface area contributed by atoms with Crippen LogP contribution in [-0.4, -0.2) is 34.7 Å². The van der Waals surface area contributed by atoms with E-state index in [0.29, 0.717) is 23.8 Å². The Bertz CT molecular complexity index is 671. The SMILES string of the molecule is C[C@@]12C=N[C@@H]3[C@H]4C[C@H]5CC6[C@]3(CCC1)[C@]2(O)CC[C@]64C=C5CO. The Kier molecular flexibility index (Phi) is 2.14. The molecule has 0 saturated heterocycles. The van der Waals surface area contributed by atoms with Gasteiger partial charge in [-0.1, -0.05) is 19.4 Å². The quantitative estimate of drug-likeness (QED) is 0.731. The average Bonchev–Trinajstić information content (AvgIpc) is 2.63. The van der Waals surface area contributed by atoms with Crippen molar-refractivity contribution in [2.75, 3.05) is 6.61 Å². The molecule has 6 bridgehead atoms. The molecule has 2 N–H and O–H groups in total. The van der Waals surface area contributed by atoms with Gasteiger partial charge in [0.2, 0.25) is 0 Å². The van der Waals surface area contributed by atoms with Gasteiger partial charge in [-0.15, -0.1) is 0 Å². The number of hydrogen-bond donors (Lipinski definition) is 2. The summed E-state index contributed by atoms with van der Waals surface area (Å²) in [6.45, 7) is 2.50. The van der Waals surface area contributed by atoms with Crippen molar-refractivity contribution in [2.45, 2.75) is 63.5 Å². The number of rotatable bonds is 1. The molecule has 1 heterocycles. The van der Waals surface area contributed by atoms with E-state index in [1.165, 1.54) is 31.3 Å². The highest BCUT2D eigenvalue weighted by molar-refractivity contribution is 5.71. The minimum absolute atomic E-state index is 0.0178. The summed E-state index contributed by atoms with van der Waals surface area (Å²) in [5.41, 5.74) is 0.866. The van der Waals surface area contributed by atoms with Crippen molar-refractivity contribution in [2.24, 2.45) is 39.0 Å². The fraction of sp³-hybridized carbons (Fsp3) is 0.850. The lowest BCUT2D eigenvalue weighted by Crippen LogP contribution is -2.70. The van der Waals surface area contributed by atoms with Crippen LogP contribution in [0.2, 0.25) is 0 Å². The third-order valence-electron chi connectivity index (χ3n) is 9.53. The van der Waals surface area contributed by atoms with Crippen molar-refractivity contribution in [1.82, 2.24) is 0 Å². The molecule has 0 aromatic rings. The van der Waals surface area contributed by atoms with Gasteiger partial charge in [0.15, 0.2) is 0 Å². The van der Waals surface area contributed by atoms with Gasteiger partial charge in [-0.2, -0.15) is 0 Å². The Morgan fingerprint density at radius 1 is 1.22 bits per heavy atom. The molecule has 4 saturated carbocycles. The van der Waals surface area contributed by atoms with Crippen LogP contribution in [0.4, 0.5) is 0 Å². The number of nitrogens with zero attached hydrogens (tertiary/aromatic N) is 1. The van der Waals surface area contributed by atoms with E-state index in [2.05, 4.69) is 19.2 Å². The summed E-state index contributed by atoms with van der Waals surface area (Å²) in [5, 5.41) is 21.9. The molecule has 2 spiro atoms. The summed E-state index contributed by atoms with van der Waals surface area (Å²) in [5.74, 6) is 1.74. The minimum atomic E-state index is -0.549. The Hall–Kier alpha value is -0.670. The van der Waals surface area contributed by atoms with Gasteiger partial charge in [-0.25, -0.2) is 0 Å². The molecule has 0 radical (unpaired) electrons. The van der Waals surface area contributed by atoms with Crippen molar-refractivity contribution in [3.63, 3.8) is 0 Å². The zero-order valence-corrected chi connectivity index (χ0v) is 14.0. The normalized spacial score (nSPS) is 64.0. The predicted octanol–water partition coefficient (Wildman–Crippen LogP) is 2.72. The molecule has 0 aromatic carbocycles. The van der Waals surface area contributed by atoms with E-state index >= 15 is 0 Å². The Balaban J connectivity index is 1.65. The maximum absolute atomic E-state index is 12.1. The fourth-order valence-electron chi connectivity index (χ4n) is 8.76. The first-order valence-corrected chi connectivity index (χ1v) is 9.60. The Labute approximate surface area is 137 Å². The minimum Gasteiger partial charge on any atom is -0.392 e. The van der Waals surface area contributed by atoms with Crippen LogP contribution in [0, 0.1) is 34.0 Å². The molecule has 4 fully saturated rings. The molecule has 7 aliphatic rings. The molecule has 0 aromatic heterocycles. The molecule has 7 rings (SSSR count). The summed E-state index contributed by atoms with van der Waals surface area (Å²) < 4.78 is 0. The summed E-state index contributed by atoms with van der Waals surface area (Å²) in [6.07, 6.45) is 12.6. The van der Waals surface area contributed by atoms with E-state index in [1.54, 1.807) is 0 Å². The topological polar surface area (TPSA) is 52.8 Å². The maximum atomic E-state index is 12.1. The lowest BCUT2D eigenvalue weighted by atomic mass is 9.39. The van der Waals surface area contributed by atoms with Gasteiger partial charge in [0.05, 0.1) is 18.2 Å². The zero-order chi connectivity index (χ0) is 15.7. The highest BCUT2D eigenvalue weighted by atomic mass is 16.3. The van der Waals surface area contributed by atoms with E-state index in [0.717, 1.165) is 19.3 Å². The summed E-state index contributed by atoms with van der Waals surface area (Å²) in [4.78, 5) is 5.15. The molecule has 1 aliphatic heterocycles. The summed E-state index contributed by atoms with van der Waals surface area (Å²) >= 11 is 0. The van der Waals surface area contributed by atoms with Crippen molar-refractivity contribution < 1.29 is 10.2 Å². The van der Waals surface area contributed by atoms with Gasteiger partial charge in [0, 0.05) is 17.0 Å². The number of hydrogen-bond acceptors (Lipinski definition) is 3. The van der Waals surface area contributed by atoms with Gasteiger partial charge in [0.1, 0.15) is 0 Å². The highest BCUT2D eigenvalue weighted by Gasteiger charge is 2.82. The second kappa shape index (κ2) is 3.62. The number of aliphatic hydroxyl groups is 2. The van der Waals surface area contributed by atoms with Crippen LogP contribution < -0.4 is 0 Å². The molecule has 0 amide bonds. The smallest absolute Gasteiger partial charge is 0.0829 e. The molecular weight excluding hydrogens is 286 g/mol. The number of allylic oxidation sites excluding steroid dienone is 1. The third kappa shape index (κ3) is 1.09. The zero-order valence-electron chi connectivity index (χ0n) is 14.0. The lowest BCUT2D eigenvalue weighted by molar-refractivity contribution is -0.229. The molecule has 8 atom stereocenters. The summed E-state index contributed by atoms with van der Waals surface area (Å²) in [6, 6.07) is 0.329. The third-order valence-corrected chi connectivity index (χ3v) is 9.53. The summed E-state index contributed by atoms with van der Waals surface area (Å²) in [7, 11) is 0. The lowest BCUT2D eigenvalue weighted by Gasteiger charge is -2.67. The predicted molar refractivity (Wildman–Crippen MR) is 88.2 cm³/mol. The van der Waals surface area contributed by atoms with Gasteiger partial charge in [-0.05, 0) is 67.3 Å². The second-order valence-electron chi connectivity index (χ2n) is 9.71. The van der Waals surface area contributed by atoms with Gasteiger partial charge in [0.25, 0.3) is 0 Å². The van der Waals surface area contributed by atoms with E-state index in [1.807, 2.05) is 0 Å². The van der Waals surface area contributed by atoms with Crippen LogP contribution in [0.25, 0.3) is 0 Å². The van der Waals surface area contributed by atoms with Crippen LogP contribution in [0.1, 0.15) is 51.9 Å². The second-order valence-corrected chi connectivity index (χ2v) is 9.71. The average molecular weight is 313 g/mol. The molecular formula is C20H27NO2.